The van der Waals surface area contributed by atoms with Gasteiger partial charge >= 0.3 is 0 Å². The molecule has 0 radical (unpaired) electrons. The summed E-state index contributed by atoms with van der Waals surface area (Å²) in [6, 6.07) is 0. The number of nitrogens with zero attached hydrogens (tertiary/aromatic N) is 4. The molecule has 24 heavy (non-hydrogen) atoms. The van der Waals surface area contributed by atoms with Crippen molar-refractivity contribution in [1.82, 2.24) is 20.1 Å². The molecule has 8 heteroatoms. The van der Waals surface area contributed by atoms with Crippen molar-refractivity contribution in [2.24, 2.45) is 0 Å². The lowest BCUT2D eigenvalue weighted by molar-refractivity contribution is 0.364. The fourth-order valence-corrected chi connectivity index (χ4v) is 4.13. The number of aromatic nitrogens is 4. The second-order valence-electron chi connectivity index (χ2n) is 6.82. The van der Waals surface area contributed by atoms with Crippen molar-refractivity contribution in [2.45, 2.75) is 57.4 Å². The molecule has 0 spiro atoms. The van der Waals surface area contributed by atoms with Gasteiger partial charge in [0.2, 0.25) is 5.89 Å². The largest absolute Gasteiger partial charge is 0.383 e. The van der Waals surface area contributed by atoms with E-state index in [2.05, 4.69) is 54.7 Å². The van der Waals surface area contributed by atoms with Crippen molar-refractivity contribution in [3.8, 4) is 0 Å². The van der Waals surface area contributed by atoms with Crippen LogP contribution in [0.2, 0.25) is 0 Å². The third kappa shape index (κ3) is 3.12. The summed E-state index contributed by atoms with van der Waals surface area (Å²) < 4.78 is 5.40. The Hall–Kier alpha value is -1.67. The van der Waals surface area contributed by atoms with Crippen molar-refractivity contribution >= 4 is 39.1 Å². The standard InChI is InChI=1S/C16H21N5OS2/c1-7-8(2)23-13-10(7)11(17)18-15(20-13)24-9(3)12-19-14(21-22-12)16(4,5)6/h9H,1-6H3,(H2,17,18,20)/t9-/m1/s1. The molecule has 2 N–H and O–H groups in total. The first-order valence-corrected chi connectivity index (χ1v) is 9.40. The van der Waals surface area contributed by atoms with Crippen LogP contribution in [-0.4, -0.2) is 20.1 Å². The maximum Gasteiger partial charge on any atom is 0.239 e. The molecule has 0 fully saturated rings. The van der Waals surface area contributed by atoms with Gasteiger partial charge in [0.25, 0.3) is 0 Å². The van der Waals surface area contributed by atoms with Gasteiger partial charge in [-0.2, -0.15) is 4.98 Å². The lowest BCUT2D eigenvalue weighted by atomic mass is 9.96. The molecule has 0 aromatic carbocycles. The van der Waals surface area contributed by atoms with Gasteiger partial charge in [-0.1, -0.05) is 37.7 Å². The highest BCUT2D eigenvalue weighted by molar-refractivity contribution is 7.99. The summed E-state index contributed by atoms with van der Waals surface area (Å²) in [7, 11) is 0. The molecule has 0 amide bonds. The monoisotopic (exact) mass is 363 g/mol. The fraction of sp³-hybridized carbons (Fsp3) is 0.500. The number of fused-ring (bicyclic) bond motifs is 1. The van der Waals surface area contributed by atoms with Gasteiger partial charge in [0, 0.05) is 10.3 Å². The highest BCUT2D eigenvalue weighted by Crippen LogP contribution is 2.37. The Kier molecular flexibility index (Phi) is 4.29. The van der Waals surface area contributed by atoms with Crippen molar-refractivity contribution in [2.75, 3.05) is 5.73 Å². The van der Waals surface area contributed by atoms with Gasteiger partial charge in [0.15, 0.2) is 11.0 Å². The predicted octanol–water partition coefficient (Wildman–Crippen LogP) is 4.42. The van der Waals surface area contributed by atoms with Crippen LogP contribution in [0, 0.1) is 13.8 Å². The number of aryl methyl sites for hydroxylation is 2. The van der Waals surface area contributed by atoms with E-state index < -0.39 is 0 Å². The van der Waals surface area contributed by atoms with Gasteiger partial charge in [-0.25, -0.2) is 9.97 Å². The smallest absolute Gasteiger partial charge is 0.239 e. The number of thiophene rings is 1. The Balaban J connectivity index is 1.88. The molecule has 0 bridgehead atoms. The van der Waals surface area contributed by atoms with Gasteiger partial charge in [0.05, 0.1) is 10.6 Å². The van der Waals surface area contributed by atoms with E-state index >= 15 is 0 Å². The van der Waals surface area contributed by atoms with Crippen LogP contribution in [0.25, 0.3) is 10.2 Å². The molecule has 0 saturated carbocycles. The Bertz CT molecular complexity index is 894. The number of anilines is 1. The lowest BCUT2D eigenvalue weighted by Crippen LogP contribution is -2.13. The van der Waals surface area contributed by atoms with E-state index in [0.29, 0.717) is 22.7 Å². The zero-order valence-electron chi connectivity index (χ0n) is 14.7. The zero-order valence-corrected chi connectivity index (χ0v) is 16.3. The summed E-state index contributed by atoms with van der Waals surface area (Å²) >= 11 is 3.11. The van der Waals surface area contributed by atoms with Crippen LogP contribution in [0.5, 0.6) is 0 Å². The maximum atomic E-state index is 6.14. The van der Waals surface area contributed by atoms with Crippen LogP contribution in [-0.2, 0) is 5.41 Å². The molecule has 3 rings (SSSR count). The Labute approximate surface area is 149 Å². The Morgan fingerprint density at radius 2 is 1.88 bits per heavy atom. The SMILES string of the molecule is Cc1sc2nc(S[C@H](C)c3nc(C(C)(C)C)no3)nc(N)c2c1C. The quantitative estimate of drug-likeness (QED) is 0.544. The molecular weight excluding hydrogens is 342 g/mol. The van der Waals surface area contributed by atoms with Crippen LogP contribution >= 0.6 is 23.1 Å². The molecule has 0 aliphatic carbocycles. The van der Waals surface area contributed by atoms with Crippen LogP contribution in [0.1, 0.15) is 55.1 Å². The number of nitrogens with two attached hydrogens (primary N) is 1. The average Bonchev–Trinajstić information content (AvgIpc) is 3.05. The van der Waals surface area contributed by atoms with Crippen LogP contribution in [0.3, 0.4) is 0 Å². The predicted molar refractivity (Wildman–Crippen MR) is 98.6 cm³/mol. The zero-order chi connectivity index (χ0) is 17.6. The molecule has 3 aromatic rings. The third-order valence-electron chi connectivity index (χ3n) is 3.78. The summed E-state index contributed by atoms with van der Waals surface area (Å²) in [6.45, 7) is 12.3. The topological polar surface area (TPSA) is 90.7 Å². The molecule has 0 unspecified atom stereocenters. The number of thioether (sulfide) groups is 1. The Morgan fingerprint density at radius 1 is 1.17 bits per heavy atom. The minimum atomic E-state index is -0.141. The van der Waals surface area contributed by atoms with E-state index in [9.17, 15) is 0 Å². The first-order chi connectivity index (χ1) is 11.2. The minimum Gasteiger partial charge on any atom is -0.383 e. The van der Waals surface area contributed by atoms with Gasteiger partial charge in [-0.05, 0) is 26.3 Å². The van der Waals surface area contributed by atoms with E-state index in [4.69, 9.17) is 10.3 Å². The molecule has 3 aromatic heterocycles. The van der Waals surface area contributed by atoms with Crippen molar-refractivity contribution in [3.63, 3.8) is 0 Å². The van der Waals surface area contributed by atoms with Crippen molar-refractivity contribution < 1.29 is 4.52 Å². The normalized spacial score (nSPS) is 13.6. The first kappa shape index (κ1) is 17.2. The summed E-state index contributed by atoms with van der Waals surface area (Å²) in [6.07, 6.45) is 0. The average molecular weight is 364 g/mol. The van der Waals surface area contributed by atoms with Crippen LogP contribution in [0.15, 0.2) is 9.68 Å². The summed E-state index contributed by atoms with van der Waals surface area (Å²) in [5.41, 5.74) is 7.15. The molecule has 0 aliphatic rings. The van der Waals surface area contributed by atoms with E-state index in [1.54, 1.807) is 11.3 Å². The van der Waals surface area contributed by atoms with Crippen molar-refractivity contribution in [1.29, 1.82) is 0 Å². The molecular formula is C16H21N5OS2. The molecule has 0 saturated heterocycles. The van der Waals surface area contributed by atoms with E-state index in [-0.39, 0.29) is 10.7 Å². The molecule has 6 nitrogen and oxygen atoms in total. The van der Waals surface area contributed by atoms with E-state index in [1.807, 2.05) is 6.92 Å². The maximum absolute atomic E-state index is 6.14. The lowest BCUT2D eigenvalue weighted by Gasteiger charge is -2.11. The second kappa shape index (κ2) is 6.00. The van der Waals surface area contributed by atoms with Gasteiger partial charge < -0.3 is 10.3 Å². The van der Waals surface area contributed by atoms with E-state index in [1.165, 1.54) is 16.6 Å². The summed E-state index contributed by atoms with van der Waals surface area (Å²) in [5.74, 6) is 1.80. The second-order valence-corrected chi connectivity index (χ2v) is 9.33. The molecule has 0 aliphatic heterocycles. The molecule has 1 atom stereocenters. The van der Waals surface area contributed by atoms with Crippen molar-refractivity contribution in [3.05, 3.63) is 22.2 Å². The third-order valence-corrected chi connectivity index (χ3v) is 5.83. The number of nitrogen functional groups attached to an aromatic ring is 1. The van der Waals surface area contributed by atoms with Gasteiger partial charge in [-0.3, -0.25) is 0 Å². The number of hydrogen-bond acceptors (Lipinski definition) is 8. The van der Waals surface area contributed by atoms with E-state index in [0.717, 1.165) is 15.8 Å². The number of hydrogen-bond donors (Lipinski definition) is 1. The number of rotatable bonds is 3. The molecule has 128 valence electrons. The van der Waals surface area contributed by atoms with Crippen LogP contribution < -0.4 is 5.73 Å². The first-order valence-electron chi connectivity index (χ1n) is 7.70. The minimum absolute atomic E-state index is 0.0485. The Morgan fingerprint density at radius 3 is 2.50 bits per heavy atom. The van der Waals surface area contributed by atoms with Gasteiger partial charge in [0.1, 0.15) is 10.6 Å². The molecule has 3 heterocycles. The summed E-state index contributed by atoms with van der Waals surface area (Å²) in [4.78, 5) is 15.7. The highest BCUT2D eigenvalue weighted by Gasteiger charge is 2.24. The summed E-state index contributed by atoms with van der Waals surface area (Å²) in [5, 5.41) is 5.61. The van der Waals surface area contributed by atoms with Gasteiger partial charge in [-0.15, -0.1) is 11.3 Å². The van der Waals surface area contributed by atoms with Crippen LogP contribution in [0.4, 0.5) is 5.82 Å². The highest BCUT2D eigenvalue weighted by atomic mass is 32.2. The fourth-order valence-electron chi connectivity index (χ4n) is 2.23.